The van der Waals surface area contributed by atoms with Crippen LogP contribution in [0.1, 0.15) is 51.2 Å². The molecule has 0 aliphatic heterocycles. The Bertz CT molecular complexity index is 1070. The number of nitrogens with one attached hydrogen (secondary N) is 1. The van der Waals surface area contributed by atoms with Crippen LogP contribution in [0.25, 0.3) is 0 Å². The Hall–Kier alpha value is -2.18. The van der Waals surface area contributed by atoms with Crippen LogP contribution in [0.2, 0.25) is 5.02 Å². The summed E-state index contributed by atoms with van der Waals surface area (Å²) in [6.45, 7) is 6.64. The third-order valence-corrected chi connectivity index (χ3v) is 6.97. The van der Waals surface area contributed by atoms with Gasteiger partial charge in [0.15, 0.2) is 5.78 Å². The van der Waals surface area contributed by atoms with Crippen molar-refractivity contribution in [3.05, 3.63) is 70.7 Å². The Labute approximate surface area is 205 Å². The molecule has 0 spiro atoms. The Balaban J connectivity index is 1.85. The van der Waals surface area contributed by atoms with E-state index in [-0.39, 0.29) is 6.61 Å². The zero-order chi connectivity index (χ0) is 25.0. The molecule has 0 bridgehead atoms. The molecule has 1 N–H and O–H groups in total. The van der Waals surface area contributed by atoms with Crippen LogP contribution in [0.5, 0.6) is 0 Å². The number of ketones is 1. The molecule has 2 aromatic rings. The average Bonchev–Trinajstić information content (AvgIpc) is 2.75. The molecule has 9 heteroatoms. The van der Waals surface area contributed by atoms with Crippen molar-refractivity contribution in [3.63, 3.8) is 0 Å². The first kappa shape index (κ1) is 26.4. The SMILES string of the molecule is CC(C)(C)OC(=O)N[C@@]1(c2ccccc2Cl)CCC[C@@H](OP(C)(=O)OCc2ccccc2)C1=O. The van der Waals surface area contributed by atoms with Gasteiger partial charge in [-0.05, 0) is 51.7 Å². The number of alkyl carbamates (subject to hydrolysis) is 1. The number of amides is 1. The van der Waals surface area contributed by atoms with E-state index in [1.54, 1.807) is 45.0 Å². The van der Waals surface area contributed by atoms with Gasteiger partial charge in [-0.1, -0.05) is 60.1 Å². The molecule has 34 heavy (non-hydrogen) atoms. The number of benzene rings is 2. The molecule has 0 saturated heterocycles. The molecule has 2 aromatic carbocycles. The van der Waals surface area contributed by atoms with Crippen LogP contribution in [-0.4, -0.2) is 30.2 Å². The van der Waals surface area contributed by atoms with Crippen LogP contribution in [0.15, 0.2) is 54.6 Å². The summed E-state index contributed by atoms with van der Waals surface area (Å²) in [6, 6.07) is 16.1. The fourth-order valence-corrected chi connectivity index (χ4v) is 5.36. The monoisotopic (exact) mass is 507 g/mol. The lowest BCUT2D eigenvalue weighted by Crippen LogP contribution is -2.58. The van der Waals surface area contributed by atoms with Crippen LogP contribution in [0.3, 0.4) is 0 Å². The smallest absolute Gasteiger partial charge is 0.408 e. The highest BCUT2D eigenvalue weighted by atomic mass is 35.5. The predicted molar refractivity (Wildman–Crippen MR) is 131 cm³/mol. The van der Waals surface area contributed by atoms with Crippen molar-refractivity contribution < 1.29 is 27.9 Å². The summed E-state index contributed by atoms with van der Waals surface area (Å²) in [4.78, 5) is 26.6. The molecule has 1 fully saturated rings. The van der Waals surface area contributed by atoms with E-state index in [2.05, 4.69) is 5.32 Å². The molecule has 0 radical (unpaired) electrons. The van der Waals surface area contributed by atoms with E-state index in [1.165, 1.54) is 6.66 Å². The van der Waals surface area contributed by atoms with Gasteiger partial charge in [0.05, 0.1) is 6.61 Å². The largest absolute Gasteiger partial charge is 0.444 e. The van der Waals surface area contributed by atoms with Gasteiger partial charge in [0.2, 0.25) is 0 Å². The third kappa shape index (κ3) is 6.70. The van der Waals surface area contributed by atoms with Gasteiger partial charge < -0.3 is 14.6 Å². The van der Waals surface area contributed by atoms with Crippen molar-refractivity contribution in [1.82, 2.24) is 5.32 Å². The quantitative estimate of drug-likeness (QED) is 0.446. The average molecular weight is 508 g/mol. The Kier molecular flexibility index (Phi) is 8.25. The molecular formula is C25H31ClNO6P. The van der Waals surface area contributed by atoms with Crippen molar-refractivity contribution in [2.75, 3.05) is 6.66 Å². The highest BCUT2D eigenvalue weighted by molar-refractivity contribution is 7.53. The van der Waals surface area contributed by atoms with Gasteiger partial charge in [0, 0.05) is 17.3 Å². The van der Waals surface area contributed by atoms with Crippen molar-refractivity contribution in [2.24, 2.45) is 0 Å². The number of halogens is 1. The standard InChI is InChI=1S/C25H31ClNO6P/c1-24(2,3)32-23(29)27-25(19-13-8-9-14-20(19)26)16-10-15-21(22(25)28)33-34(4,30)31-17-18-11-6-5-7-12-18/h5-9,11-14,21H,10,15-17H2,1-4H3,(H,27,29)/t21-,25-,34?/m1/s1. The molecule has 1 amide bonds. The summed E-state index contributed by atoms with van der Waals surface area (Å²) in [6.07, 6.45) is -0.634. The number of carbonyl (C=O) groups excluding carboxylic acids is 2. The summed E-state index contributed by atoms with van der Waals surface area (Å²) in [5, 5.41) is 3.09. The molecule has 1 saturated carbocycles. The lowest BCUT2D eigenvalue weighted by molar-refractivity contribution is -0.136. The lowest BCUT2D eigenvalue weighted by atomic mass is 9.74. The maximum absolute atomic E-state index is 13.8. The van der Waals surface area contributed by atoms with Crippen molar-refractivity contribution in [3.8, 4) is 0 Å². The van der Waals surface area contributed by atoms with Crippen LogP contribution >= 0.6 is 19.2 Å². The second-order valence-corrected chi connectivity index (χ2v) is 11.8. The van der Waals surface area contributed by atoms with E-state index in [9.17, 15) is 14.2 Å². The molecule has 0 heterocycles. The summed E-state index contributed by atoms with van der Waals surface area (Å²) in [7, 11) is -3.59. The van der Waals surface area contributed by atoms with Gasteiger partial charge in [0.25, 0.3) is 0 Å². The highest BCUT2D eigenvalue weighted by Crippen LogP contribution is 2.49. The van der Waals surface area contributed by atoms with E-state index >= 15 is 0 Å². The Morgan fingerprint density at radius 2 is 1.79 bits per heavy atom. The summed E-state index contributed by atoms with van der Waals surface area (Å²) in [5.74, 6) is -0.442. The minimum absolute atomic E-state index is 0.0847. The van der Waals surface area contributed by atoms with Crippen LogP contribution in [-0.2, 0) is 35.3 Å². The predicted octanol–water partition coefficient (Wildman–Crippen LogP) is 6.24. The minimum Gasteiger partial charge on any atom is -0.444 e. The Morgan fingerprint density at radius 3 is 2.44 bits per heavy atom. The molecule has 1 unspecified atom stereocenters. The molecule has 3 atom stereocenters. The molecule has 7 nitrogen and oxygen atoms in total. The van der Waals surface area contributed by atoms with E-state index in [0.717, 1.165) is 5.56 Å². The first-order valence-corrected chi connectivity index (χ1v) is 13.5. The van der Waals surface area contributed by atoms with Gasteiger partial charge in [-0.3, -0.25) is 13.9 Å². The maximum Gasteiger partial charge on any atom is 0.408 e. The van der Waals surface area contributed by atoms with Gasteiger partial charge in [-0.15, -0.1) is 0 Å². The maximum atomic E-state index is 13.8. The minimum atomic E-state index is -3.59. The second-order valence-electron chi connectivity index (χ2n) is 9.39. The topological polar surface area (TPSA) is 90.9 Å². The number of ether oxygens (including phenoxy) is 1. The molecule has 1 aliphatic rings. The zero-order valence-electron chi connectivity index (χ0n) is 19.9. The van der Waals surface area contributed by atoms with E-state index in [0.29, 0.717) is 29.8 Å². The van der Waals surface area contributed by atoms with Crippen LogP contribution < -0.4 is 5.32 Å². The fourth-order valence-electron chi connectivity index (χ4n) is 3.95. The highest BCUT2D eigenvalue weighted by Gasteiger charge is 2.50. The summed E-state index contributed by atoms with van der Waals surface area (Å²) >= 11 is 6.46. The first-order valence-electron chi connectivity index (χ1n) is 11.2. The number of carbonyl (C=O) groups is 2. The normalized spacial score (nSPS) is 22.6. The number of Topliss-reactive ketones (excluding diaryl/α,β-unsaturated/α-hetero) is 1. The van der Waals surface area contributed by atoms with E-state index in [1.807, 2.05) is 30.3 Å². The molecule has 3 rings (SSSR count). The van der Waals surface area contributed by atoms with Crippen LogP contribution in [0.4, 0.5) is 4.79 Å². The van der Waals surface area contributed by atoms with Gasteiger partial charge in [-0.2, -0.15) is 0 Å². The van der Waals surface area contributed by atoms with Crippen molar-refractivity contribution >= 4 is 31.1 Å². The van der Waals surface area contributed by atoms with Gasteiger partial charge in [0.1, 0.15) is 17.2 Å². The number of hydrogen-bond acceptors (Lipinski definition) is 6. The number of hydrogen-bond donors (Lipinski definition) is 1. The second kappa shape index (κ2) is 10.6. The molecule has 1 aliphatic carbocycles. The summed E-state index contributed by atoms with van der Waals surface area (Å²) < 4.78 is 29.8. The van der Waals surface area contributed by atoms with E-state index in [4.69, 9.17) is 25.4 Å². The molecule has 184 valence electrons. The van der Waals surface area contributed by atoms with E-state index < -0.39 is 36.7 Å². The van der Waals surface area contributed by atoms with Gasteiger partial charge in [-0.25, -0.2) is 4.79 Å². The van der Waals surface area contributed by atoms with Crippen molar-refractivity contribution in [2.45, 2.75) is 63.9 Å². The Morgan fingerprint density at radius 1 is 1.15 bits per heavy atom. The molecule has 0 aromatic heterocycles. The third-order valence-electron chi connectivity index (χ3n) is 5.41. The number of rotatable bonds is 7. The first-order chi connectivity index (χ1) is 15.9. The lowest BCUT2D eigenvalue weighted by Gasteiger charge is -2.41. The fraction of sp³-hybridized carbons (Fsp3) is 0.440. The summed E-state index contributed by atoms with van der Waals surface area (Å²) in [5.41, 5.74) is -0.968. The van der Waals surface area contributed by atoms with Crippen LogP contribution in [0, 0.1) is 0 Å². The zero-order valence-corrected chi connectivity index (χ0v) is 21.5. The molecular weight excluding hydrogens is 477 g/mol. The van der Waals surface area contributed by atoms with Gasteiger partial charge >= 0.3 is 13.7 Å². The van der Waals surface area contributed by atoms with Crippen molar-refractivity contribution in [1.29, 1.82) is 0 Å².